The smallest absolute Gasteiger partial charge is 0.231 e. The van der Waals surface area contributed by atoms with Gasteiger partial charge in [0, 0.05) is 31.9 Å². The van der Waals surface area contributed by atoms with E-state index in [2.05, 4.69) is 42.1 Å². The monoisotopic (exact) mass is 327 g/mol. The fraction of sp³-hybridized carbons (Fsp3) is 0.312. The van der Waals surface area contributed by atoms with Gasteiger partial charge < -0.3 is 20.1 Å². The summed E-state index contributed by atoms with van der Waals surface area (Å²) >= 11 is 0. The molecule has 8 heteroatoms. The van der Waals surface area contributed by atoms with E-state index in [1.807, 2.05) is 0 Å². The van der Waals surface area contributed by atoms with Gasteiger partial charge in [0.25, 0.3) is 0 Å². The summed E-state index contributed by atoms with van der Waals surface area (Å²) in [5, 5.41) is 3.12. The highest BCUT2D eigenvalue weighted by Gasteiger charge is 2.20. The van der Waals surface area contributed by atoms with E-state index >= 15 is 0 Å². The number of imidazole rings is 1. The number of likely N-dealkylation sites (N-methyl/N-ethyl adjacent to an activating group) is 1. The lowest BCUT2D eigenvalue weighted by atomic mass is 10.3. The van der Waals surface area contributed by atoms with Gasteiger partial charge in [0.15, 0.2) is 11.5 Å². The van der Waals surface area contributed by atoms with Gasteiger partial charge in [-0.2, -0.15) is 9.97 Å². The predicted molar refractivity (Wildman–Crippen MR) is 91.1 cm³/mol. The maximum absolute atomic E-state index is 13.0. The maximum atomic E-state index is 13.0. The van der Waals surface area contributed by atoms with Gasteiger partial charge in [0.2, 0.25) is 5.95 Å². The van der Waals surface area contributed by atoms with E-state index in [9.17, 15) is 4.39 Å². The van der Waals surface area contributed by atoms with Crippen molar-refractivity contribution in [3.63, 3.8) is 0 Å². The van der Waals surface area contributed by atoms with Crippen molar-refractivity contribution in [3.05, 3.63) is 36.4 Å². The molecule has 0 radical (unpaired) electrons. The number of fused-ring (bicyclic) bond motifs is 1. The highest BCUT2D eigenvalue weighted by molar-refractivity contribution is 5.84. The van der Waals surface area contributed by atoms with Crippen LogP contribution in [0.5, 0.6) is 0 Å². The molecular formula is C16H18FN7. The molecule has 0 saturated carbocycles. The van der Waals surface area contributed by atoms with Crippen LogP contribution in [-0.4, -0.2) is 58.1 Å². The molecule has 1 fully saturated rings. The number of benzene rings is 1. The lowest BCUT2D eigenvalue weighted by Crippen LogP contribution is -2.45. The number of anilines is 3. The second-order valence-corrected chi connectivity index (χ2v) is 5.89. The van der Waals surface area contributed by atoms with Crippen molar-refractivity contribution >= 4 is 28.6 Å². The molecule has 0 bridgehead atoms. The second kappa shape index (κ2) is 6.04. The molecule has 0 spiro atoms. The Balaban J connectivity index is 1.68. The normalized spacial score (nSPS) is 15.8. The van der Waals surface area contributed by atoms with Gasteiger partial charge in [-0.1, -0.05) is 0 Å². The molecule has 0 unspecified atom stereocenters. The number of H-pyrrole nitrogens is 1. The van der Waals surface area contributed by atoms with Crippen LogP contribution in [-0.2, 0) is 0 Å². The topological polar surface area (TPSA) is 73.0 Å². The summed E-state index contributed by atoms with van der Waals surface area (Å²) in [7, 11) is 2.12. The standard InChI is InChI=1S/C16H18FN7/c1-23-6-8-24(9-7-23)15-13-14(19-10-18-13)21-16(22-15)20-12-4-2-11(17)3-5-12/h2-5,10H,6-9H2,1H3,(H2,18,19,20,21,22). The number of nitrogens with zero attached hydrogens (tertiary/aromatic N) is 5. The molecule has 0 aliphatic carbocycles. The summed E-state index contributed by atoms with van der Waals surface area (Å²) in [6, 6.07) is 6.11. The van der Waals surface area contributed by atoms with Gasteiger partial charge in [-0.05, 0) is 31.3 Å². The van der Waals surface area contributed by atoms with Crippen molar-refractivity contribution < 1.29 is 4.39 Å². The van der Waals surface area contributed by atoms with Crippen molar-refractivity contribution in [2.75, 3.05) is 43.4 Å². The minimum Gasteiger partial charge on any atom is -0.352 e. The first-order chi connectivity index (χ1) is 11.7. The van der Waals surface area contributed by atoms with Crippen LogP contribution < -0.4 is 10.2 Å². The Kier molecular flexibility index (Phi) is 3.73. The second-order valence-electron chi connectivity index (χ2n) is 5.89. The summed E-state index contributed by atoms with van der Waals surface area (Å²) in [4.78, 5) is 21.0. The number of nitrogens with one attached hydrogen (secondary N) is 2. The van der Waals surface area contributed by atoms with Gasteiger partial charge in [-0.15, -0.1) is 0 Å². The van der Waals surface area contributed by atoms with Crippen molar-refractivity contribution in [3.8, 4) is 0 Å². The highest BCUT2D eigenvalue weighted by Crippen LogP contribution is 2.25. The number of aromatic amines is 1. The lowest BCUT2D eigenvalue weighted by molar-refractivity contribution is 0.312. The molecule has 124 valence electrons. The zero-order valence-electron chi connectivity index (χ0n) is 13.3. The van der Waals surface area contributed by atoms with Crippen LogP contribution >= 0.6 is 0 Å². The molecule has 0 atom stereocenters. The van der Waals surface area contributed by atoms with Crippen molar-refractivity contribution in [2.24, 2.45) is 0 Å². The van der Waals surface area contributed by atoms with E-state index in [1.54, 1.807) is 18.5 Å². The quantitative estimate of drug-likeness (QED) is 0.766. The third-order valence-electron chi connectivity index (χ3n) is 4.17. The van der Waals surface area contributed by atoms with E-state index < -0.39 is 0 Å². The minimum absolute atomic E-state index is 0.276. The maximum Gasteiger partial charge on any atom is 0.231 e. The van der Waals surface area contributed by atoms with E-state index in [0.717, 1.165) is 43.2 Å². The molecule has 1 aliphatic heterocycles. The van der Waals surface area contributed by atoms with Crippen LogP contribution in [0, 0.1) is 5.82 Å². The molecule has 3 heterocycles. The molecule has 7 nitrogen and oxygen atoms in total. The van der Waals surface area contributed by atoms with Crippen LogP contribution in [0.15, 0.2) is 30.6 Å². The molecule has 2 aromatic heterocycles. The molecule has 4 rings (SSSR count). The SMILES string of the molecule is CN1CCN(c2nc(Nc3ccc(F)cc3)nc3nc[nH]c23)CC1. The van der Waals surface area contributed by atoms with E-state index in [0.29, 0.717) is 11.6 Å². The zero-order valence-corrected chi connectivity index (χ0v) is 13.3. The molecule has 1 aromatic carbocycles. The summed E-state index contributed by atoms with van der Waals surface area (Å²) < 4.78 is 13.0. The first kappa shape index (κ1) is 14.8. The number of aromatic nitrogens is 4. The Labute approximate surface area is 138 Å². The molecule has 0 amide bonds. The minimum atomic E-state index is -0.276. The Morgan fingerprint density at radius 3 is 2.58 bits per heavy atom. The van der Waals surface area contributed by atoms with Crippen LogP contribution in [0.25, 0.3) is 11.2 Å². The van der Waals surface area contributed by atoms with Crippen LogP contribution in [0.1, 0.15) is 0 Å². The Bertz CT molecular complexity index is 837. The van der Waals surface area contributed by atoms with E-state index in [1.165, 1.54) is 12.1 Å². The predicted octanol–water partition coefficient (Wildman–Crippen LogP) is 1.99. The fourth-order valence-corrected chi connectivity index (χ4v) is 2.78. The number of hydrogen-bond acceptors (Lipinski definition) is 6. The largest absolute Gasteiger partial charge is 0.352 e. The first-order valence-corrected chi connectivity index (χ1v) is 7.86. The van der Waals surface area contributed by atoms with Crippen molar-refractivity contribution in [1.29, 1.82) is 0 Å². The molecule has 1 saturated heterocycles. The summed E-state index contributed by atoms with van der Waals surface area (Å²) in [5.41, 5.74) is 2.18. The van der Waals surface area contributed by atoms with Gasteiger partial charge in [-0.3, -0.25) is 0 Å². The first-order valence-electron chi connectivity index (χ1n) is 7.86. The number of rotatable bonds is 3. The number of halogens is 1. The zero-order chi connectivity index (χ0) is 16.5. The summed E-state index contributed by atoms with van der Waals surface area (Å²) in [6.45, 7) is 3.77. The number of piperazine rings is 1. The Hall–Kier alpha value is -2.74. The summed E-state index contributed by atoms with van der Waals surface area (Å²) in [6.07, 6.45) is 1.63. The van der Waals surface area contributed by atoms with Gasteiger partial charge in [0.1, 0.15) is 11.3 Å². The van der Waals surface area contributed by atoms with Crippen molar-refractivity contribution in [1.82, 2.24) is 24.8 Å². The van der Waals surface area contributed by atoms with E-state index in [4.69, 9.17) is 0 Å². The number of hydrogen-bond donors (Lipinski definition) is 2. The van der Waals surface area contributed by atoms with Crippen LogP contribution in [0.3, 0.4) is 0 Å². The van der Waals surface area contributed by atoms with Gasteiger partial charge in [0.05, 0.1) is 6.33 Å². The van der Waals surface area contributed by atoms with Gasteiger partial charge in [-0.25, -0.2) is 9.37 Å². The third-order valence-corrected chi connectivity index (χ3v) is 4.17. The molecule has 1 aliphatic rings. The third kappa shape index (κ3) is 2.88. The lowest BCUT2D eigenvalue weighted by Gasteiger charge is -2.33. The Morgan fingerprint density at radius 2 is 1.83 bits per heavy atom. The van der Waals surface area contributed by atoms with Crippen LogP contribution in [0.4, 0.5) is 21.8 Å². The van der Waals surface area contributed by atoms with Crippen LogP contribution in [0.2, 0.25) is 0 Å². The average Bonchev–Trinajstić information content (AvgIpc) is 3.05. The average molecular weight is 327 g/mol. The molecule has 2 N–H and O–H groups in total. The van der Waals surface area contributed by atoms with E-state index in [-0.39, 0.29) is 5.82 Å². The van der Waals surface area contributed by atoms with Crippen molar-refractivity contribution in [2.45, 2.75) is 0 Å². The molecular weight excluding hydrogens is 309 g/mol. The van der Waals surface area contributed by atoms with Gasteiger partial charge >= 0.3 is 0 Å². The Morgan fingerprint density at radius 1 is 1.08 bits per heavy atom. The summed E-state index contributed by atoms with van der Waals surface area (Å²) in [5.74, 6) is 1.02. The highest BCUT2D eigenvalue weighted by atomic mass is 19.1. The molecule has 24 heavy (non-hydrogen) atoms. The molecule has 3 aromatic rings. The fourth-order valence-electron chi connectivity index (χ4n) is 2.78.